The molecule has 2 aromatic heterocycles. The first kappa shape index (κ1) is 19.2. The predicted octanol–water partition coefficient (Wildman–Crippen LogP) is 1.07. The Bertz CT molecular complexity index is 755. The van der Waals surface area contributed by atoms with Crippen LogP contribution in [0.5, 0.6) is 0 Å². The standard InChI is InChI=1S/C19H27N5O3/c1-3-20-19(26)17-10-16(12-23(17)11-15-6-9-27-13-15)22-18(25)5-8-24-14(2)4-7-21-24/h4,6-7,9,13,16-17H,3,5,8,10-12H2,1-2H3,(H,20,26)(H,22,25)/t16-,17+/m1/s1. The molecule has 1 saturated heterocycles. The molecule has 0 unspecified atom stereocenters. The number of furan rings is 1. The molecule has 1 fully saturated rings. The lowest BCUT2D eigenvalue weighted by Gasteiger charge is -2.22. The maximum absolute atomic E-state index is 12.4. The molecule has 0 saturated carbocycles. The summed E-state index contributed by atoms with van der Waals surface area (Å²) >= 11 is 0. The van der Waals surface area contributed by atoms with E-state index in [1.54, 1.807) is 18.7 Å². The second kappa shape index (κ2) is 8.85. The summed E-state index contributed by atoms with van der Waals surface area (Å²) in [5.41, 5.74) is 2.05. The highest BCUT2D eigenvalue weighted by atomic mass is 16.3. The van der Waals surface area contributed by atoms with Crippen molar-refractivity contribution in [3.8, 4) is 0 Å². The van der Waals surface area contributed by atoms with Crippen LogP contribution in [0.1, 0.15) is 31.0 Å². The molecule has 2 amide bonds. The number of nitrogens with zero attached hydrogens (tertiary/aromatic N) is 3. The minimum absolute atomic E-state index is 0.00455. The van der Waals surface area contributed by atoms with Crippen LogP contribution in [0.2, 0.25) is 0 Å². The molecule has 3 rings (SSSR count). The molecule has 8 nitrogen and oxygen atoms in total. The molecule has 0 aromatic carbocycles. The van der Waals surface area contributed by atoms with E-state index in [-0.39, 0.29) is 23.9 Å². The largest absolute Gasteiger partial charge is 0.472 e. The highest BCUT2D eigenvalue weighted by molar-refractivity contribution is 5.82. The number of hydrogen-bond acceptors (Lipinski definition) is 5. The summed E-state index contributed by atoms with van der Waals surface area (Å²) in [5, 5.41) is 10.2. The van der Waals surface area contributed by atoms with Crippen LogP contribution in [0.4, 0.5) is 0 Å². The summed E-state index contributed by atoms with van der Waals surface area (Å²) in [5.74, 6) is -0.0142. The fourth-order valence-corrected chi connectivity index (χ4v) is 3.50. The van der Waals surface area contributed by atoms with E-state index in [9.17, 15) is 9.59 Å². The summed E-state index contributed by atoms with van der Waals surface area (Å²) in [6, 6.07) is 3.52. The SMILES string of the molecule is CCNC(=O)[C@@H]1C[C@@H](NC(=O)CCn2nccc2C)CN1Cc1ccoc1. The Morgan fingerprint density at radius 2 is 2.22 bits per heavy atom. The third kappa shape index (κ3) is 4.97. The van der Waals surface area contributed by atoms with Gasteiger partial charge in [0.15, 0.2) is 0 Å². The van der Waals surface area contributed by atoms with E-state index < -0.39 is 0 Å². The molecule has 1 aliphatic rings. The van der Waals surface area contributed by atoms with Crippen LogP contribution in [0.15, 0.2) is 35.3 Å². The van der Waals surface area contributed by atoms with Crippen LogP contribution in [-0.4, -0.2) is 51.7 Å². The van der Waals surface area contributed by atoms with Crippen molar-refractivity contribution in [1.82, 2.24) is 25.3 Å². The van der Waals surface area contributed by atoms with Crippen molar-refractivity contribution >= 4 is 11.8 Å². The van der Waals surface area contributed by atoms with E-state index >= 15 is 0 Å². The lowest BCUT2D eigenvalue weighted by Crippen LogP contribution is -2.42. The van der Waals surface area contributed by atoms with Gasteiger partial charge in [0.25, 0.3) is 0 Å². The molecule has 2 aromatic rings. The zero-order valence-corrected chi connectivity index (χ0v) is 15.9. The lowest BCUT2D eigenvalue weighted by atomic mass is 10.1. The van der Waals surface area contributed by atoms with Crippen molar-refractivity contribution in [2.75, 3.05) is 13.1 Å². The Morgan fingerprint density at radius 3 is 2.89 bits per heavy atom. The fourth-order valence-electron chi connectivity index (χ4n) is 3.50. The molecule has 27 heavy (non-hydrogen) atoms. The van der Waals surface area contributed by atoms with Gasteiger partial charge in [-0.2, -0.15) is 5.10 Å². The Labute approximate surface area is 158 Å². The molecule has 0 bridgehead atoms. The van der Waals surface area contributed by atoms with Gasteiger partial charge in [-0.05, 0) is 32.4 Å². The van der Waals surface area contributed by atoms with E-state index in [1.165, 1.54) is 0 Å². The van der Waals surface area contributed by atoms with Gasteiger partial charge in [0, 0.05) is 56.1 Å². The van der Waals surface area contributed by atoms with E-state index in [2.05, 4.69) is 20.6 Å². The predicted molar refractivity (Wildman–Crippen MR) is 99.7 cm³/mol. The number of likely N-dealkylation sites (N-methyl/N-ethyl adjacent to an activating group) is 1. The first-order valence-electron chi connectivity index (χ1n) is 9.37. The van der Waals surface area contributed by atoms with Crippen LogP contribution in [0.25, 0.3) is 0 Å². The molecular formula is C19H27N5O3. The number of likely N-dealkylation sites (tertiary alicyclic amines) is 1. The summed E-state index contributed by atoms with van der Waals surface area (Å²) in [7, 11) is 0. The maximum atomic E-state index is 12.4. The quantitative estimate of drug-likeness (QED) is 0.722. The molecule has 0 radical (unpaired) electrons. The van der Waals surface area contributed by atoms with Crippen LogP contribution >= 0.6 is 0 Å². The van der Waals surface area contributed by atoms with Gasteiger partial charge in [-0.25, -0.2) is 0 Å². The van der Waals surface area contributed by atoms with Crippen LogP contribution in [0.3, 0.4) is 0 Å². The second-order valence-electron chi connectivity index (χ2n) is 6.92. The molecule has 8 heteroatoms. The third-order valence-electron chi connectivity index (χ3n) is 4.87. The van der Waals surface area contributed by atoms with Crippen LogP contribution < -0.4 is 10.6 Å². The average molecular weight is 373 g/mol. The Balaban J connectivity index is 1.56. The van der Waals surface area contributed by atoms with Gasteiger partial charge in [-0.3, -0.25) is 19.2 Å². The van der Waals surface area contributed by atoms with E-state index in [1.807, 2.05) is 30.7 Å². The summed E-state index contributed by atoms with van der Waals surface area (Å²) in [4.78, 5) is 26.9. The van der Waals surface area contributed by atoms with Crippen LogP contribution in [0, 0.1) is 6.92 Å². The number of nitrogens with one attached hydrogen (secondary N) is 2. The van der Waals surface area contributed by atoms with Gasteiger partial charge in [0.1, 0.15) is 0 Å². The van der Waals surface area contributed by atoms with Gasteiger partial charge in [-0.1, -0.05) is 0 Å². The average Bonchev–Trinajstić information content (AvgIpc) is 3.36. The molecule has 146 valence electrons. The number of carbonyl (C=O) groups excluding carboxylic acids is 2. The molecule has 2 N–H and O–H groups in total. The summed E-state index contributed by atoms with van der Waals surface area (Å²) < 4.78 is 6.95. The smallest absolute Gasteiger partial charge is 0.237 e. The Hall–Kier alpha value is -2.61. The maximum Gasteiger partial charge on any atom is 0.237 e. The summed E-state index contributed by atoms with van der Waals surface area (Å²) in [6.07, 6.45) is 6.02. The highest BCUT2D eigenvalue weighted by Crippen LogP contribution is 2.21. The number of amides is 2. The van der Waals surface area contributed by atoms with Gasteiger partial charge >= 0.3 is 0 Å². The van der Waals surface area contributed by atoms with Gasteiger partial charge < -0.3 is 15.1 Å². The Morgan fingerprint density at radius 1 is 1.37 bits per heavy atom. The van der Waals surface area contributed by atoms with Crippen LogP contribution in [-0.2, 0) is 22.7 Å². The number of hydrogen-bond donors (Lipinski definition) is 2. The first-order valence-corrected chi connectivity index (χ1v) is 9.37. The molecule has 0 spiro atoms. The number of aryl methyl sites for hydroxylation is 2. The number of aromatic nitrogens is 2. The first-order chi connectivity index (χ1) is 13.1. The van der Waals surface area contributed by atoms with E-state index in [0.717, 1.165) is 11.3 Å². The van der Waals surface area contributed by atoms with Crippen molar-refractivity contribution in [3.05, 3.63) is 42.1 Å². The van der Waals surface area contributed by atoms with E-state index in [0.29, 0.717) is 39.0 Å². The molecule has 1 aliphatic heterocycles. The molecule has 3 heterocycles. The van der Waals surface area contributed by atoms with Crippen molar-refractivity contribution in [2.24, 2.45) is 0 Å². The van der Waals surface area contributed by atoms with Crippen molar-refractivity contribution in [1.29, 1.82) is 0 Å². The van der Waals surface area contributed by atoms with Crippen molar-refractivity contribution in [3.63, 3.8) is 0 Å². The second-order valence-corrected chi connectivity index (χ2v) is 6.92. The normalized spacial score (nSPS) is 19.9. The van der Waals surface area contributed by atoms with E-state index in [4.69, 9.17) is 4.42 Å². The number of rotatable bonds is 8. The van der Waals surface area contributed by atoms with Gasteiger partial charge in [-0.15, -0.1) is 0 Å². The monoisotopic (exact) mass is 373 g/mol. The molecule has 2 atom stereocenters. The zero-order valence-electron chi connectivity index (χ0n) is 15.9. The topological polar surface area (TPSA) is 92.4 Å². The number of carbonyl (C=O) groups is 2. The zero-order chi connectivity index (χ0) is 19.2. The van der Waals surface area contributed by atoms with Crippen molar-refractivity contribution in [2.45, 2.75) is 51.9 Å². The third-order valence-corrected chi connectivity index (χ3v) is 4.87. The molecular weight excluding hydrogens is 346 g/mol. The minimum atomic E-state index is -0.251. The Kier molecular flexibility index (Phi) is 6.28. The fraction of sp³-hybridized carbons (Fsp3) is 0.526. The van der Waals surface area contributed by atoms with Gasteiger partial charge in [0.05, 0.1) is 18.6 Å². The van der Waals surface area contributed by atoms with Gasteiger partial charge in [0.2, 0.25) is 11.8 Å². The lowest BCUT2D eigenvalue weighted by molar-refractivity contribution is -0.125. The molecule has 0 aliphatic carbocycles. The summed E-state index contributed by atoms with van der Waals surface area (Å²) in [6.45, 7) is 6.28. The van der Waals surface area contributed by atoms with Crippen molar-refractivity contribution < 1.29 is 14.0 Å². The minimum Gasteiger partial charge on any atom is -0.472 e. The highest BCUT2D eigenvalue weighted by Gasteiger charge is 2.37.